The van der Waals surface area contributed by atoms with Gasteiger partial charge < -0.3 is 10.3 Å². The van der Waals surface area contributed by atoms with Crippen LogP contribution in [0.5, 0.6) is 0 Å². The van der Waals surface area contributed by atoms with Crippen LogP contribution in [0.25, 0.3) is 10.8 Å². The minimum atomic E-state index is 0.871. The number of hydrogen-bond donors (Lipinski definition) is 2. The third-order valence-corrected chi connectivity index (χ3v) is 3.21. The molecule has 1 aromatic carbocycles. The van der Waals surface area contributed by atoms with Gasteiger partial charge in [-0.1, -0.05) is 18.2 Å². The maximum Gasteiger partial charge on any atom is 0.0921 e. The van der Waals surface area contributed by atoms with Gasteiger partial charge >= 0.3 is 0 Å². The zero-order chi connectivity index (χ0) is 12.9. The molecule has 96 valence electrons. The number of rotatable bonds is 5. The minimum absolute atomic E-state index is 0.871. The molecule has 0 unspecified atom stereocenters. The molecule has 0 amide bonds. The summed E-state index contributed by atoms with van der Waals surface area (Å²) < 4.78 is 0. The normalized spacial score (nSPS) is 10.9. The van der Waals surface area contributed by atoms with E-state index in [9.17, 15) is 0 Å². The first-order valence-electron chi connectivity index (χ1n) is 6.43. The van der Waals surface area contributed by atoms with Gasteiger partial charge in [0.05, 0.1) is 6.33 Å². The van der Waals surface area contributed by atoms with Crippen LogP contribution in [-0.4, -0.2) is 21.5 Å². The van der Waals surface area contributed by atoms with Gasteiger partial charge in [-0.3, -0.25) is 4.98 Å². The third-order valence-electron chi connectivity index (χ3n) is 3.21. The van der Waals surface area contributed by atoms with E-state index in [1.54, 1.807) is 6.33 Å². The van der Waals surface area contributed by atoms with Gasteiger partial charge in [-0.25, -0.2) is 4.98 Å². The number of imidazole rings is 1. The second kappa shape index (κ2) is 5.63. The molecular formula is C15H16N4. The molecule has 3 aromatic rings. The highest BCUT2D eigenvalue weighted by Crippen LogP contribution is 2.16. The van der Waals surface area contributed by atoms with E-state index in [2.05, 4.69) is 44.5 Å². The number of benzene rings is 1. The molecule has 4 heteroatoms. The van der Waals surface area contributed by atoms with Gasteiger partial charge in [0.2, 0.25) is 0 Å². The Balaban J connectivity index is 1.62. The van der Waals surface area contributed by atoms with Crippen molar-refractivity contribution in [1.82, 2.24) is 20.3 Å². The van der Waals surface area contributed by atoms with Crippen LogP contribution < -0.4 is 5.32 Å². The van der Waals surface area contributed by atoms with Gasteiger partial charge in [-0.05, 0) is 17.0 Å². The van der Waals surface area contributed by atoms with Crippen LogP contribution >= 0.6 is 0 Å². The zero-order valence-corrected chi connectivity index (χ0v) is 10.6. The lowest BCUT2D eigenvalue weighted by Crippen LogP contribution is -2.17. The molecule has 4 nitrogen and oxygen atoms in total. The van der Waals surface area contributed by atoms with E-state index in [0.29, 0.717) is 0 Å². The SMILES string of the molecule is c1cc(CNCCc2cnc[nH]2)c2ccncc2c1. The number of aromatic nitrogens is 3. The van der Waals surface area contributed by atoms with Crippen LogP contribution in [0.3, 0.4) is 0 Å². The summed E-state index contributed by atoms with van der Waals surface area (Å²) in [6.45, 7) is 1.80. The number of aromatic amines is 1. The zero-order valence-electron chi connectivity index (χ0n) is 10.6. The Morgan fingerprint density at radius 3 is 3.00 bits per heavy atom. The maximum absolute atomic E-state index is 4.15. The van der Waals surface area contributed by atoms with Crippen LogP contribution in [0.1, 0.15) is 11.3 Å². The molecule has 2 heterocycles. The largest absolute Gasteiger partial charge is 0.348 e. The Bertz CT molecular complexity index is 641. The Kier molecular flexibility index (Phi) is 3.51. The molecular weight excluding hydrogens is 236 g/mol. The van der Waals surface area contributed by atoms with Crippen LogP contribution in [0.2, 0.25) is 0 Å². The summed E-state index contributed by atoms with van der Waals surface area (Å²) in [6, 6.07) is 8.40. The monoisotopic (exact) mass is 252 g/mol. The van der Waals surface area contributed by atoms with E-state index in [0.717, 1.165) is 25.2 Å². The Hall–Kier alpha value is -2.20. The van der Waals surface area contributed by atoms with Crippen molar-refractivity contribution < 1.29 is 0 Å². The second-order valence-electron chi connectivity index (χ2n) is 4.52. The van der Waals surface area contributed by atoms with Crippen LogP contribution in [0, 0.1) is 0 Å². The lowest BCUT2D eigenvalue weighted by Gasteiger charge is -2.07. The van der Waals surface area contributed by atoms with Crippen molar-refractivity contribution in [3.63, 3.8) is 0 Å². The van der Waals surface area contributed by atoms with Crippen molar-refractivity contribution in [1.29, 1.82) is 0 Å². The van der Waals surface area contributed by atoms with E-state index in [-0.39, 0.29) is 0 Å². The van der Waals surface area contributed by atoms with Crippen molar-refractivity contribution in [2.24, 2.45) is 0 Å². The quantitative estimate of drug-likeness (QED) is 0.685. The first-order valence-corrected chi connectivity index (χ1v) is 6.43. The molecule has 2 aromatic heterocycles. The fourth-order valence-electron chi connectivity index (χ4n) is 2.21. The highest BCUT2D eigenvalue weighted by molar-refractivity contribution is 5.84. The van der Waals surface area contributed by atoms with Crippen LogP contribution in [0.4, 0.5) is 0 Å². The van der Waals surface area contributed by atoms with Crippen molar-refractivity contribution in [2.45, 2.75) is 13.0 Å². The average molecular weight is 252 g/mol. The van der Waals surface area contributed by atoms with Gasteiger partial charge in [0.1, 0.15) is 0 Å². The molecule has 0 aliphatic rings. The van der Waals surface area contributed by atoms with Gasteiger partial charge in [0.15, 0.2) is 0 Å². The second-order valence-corrected chi connectivity index (χ2v) is 4.52. The fourth-order valence-corrected chi connectivity index (χ4v) is 2.21. The maximum atomic E-state index is 4.15. The standard InChI is InChI=1S/C15H16N4/c1-2-12(15-5-7-17-9-13(15)3-1)8-16-6-4-14-10-18-11-19-14/h1-3,5,7,9-11,16H,4,6,8H2,(H,18,19). The Morgan fingerprint density at radius 2 is 2.11 bits per heavy atom. The summed E-state index contributed by atoms with van der Waals surface area (Å²) in [6.07, 6.45) is 8.30. The van der Waals surface area contributed by atoms with Crippen LogP contribution in [0.15, 0.2) is 49.2 Å². The molecule has 0 atom stereocenters. The number of nitrogens with zero attached hydrogens (tertiary/aromatic N) is 2. The summed E-state index contributed by atoms with van der Waals surface area (Å²) in [4.78, 5) is 11.3. The van der Waals surface area contributed by atoms with E-state index < -0.39 is 0 Å². The molecule has 3 rings (SSSR count). The summed E-state index contributed by atoms with van der Waals surface area (Å²) in [5.41, 5.74) is 2.47. The lowest BCUT2D eigenvalue weighted by atomic mass is 10.1. The smallest absolute Gasteiger partial charge is 0.0921 e. The molecule has 0 saturated heterocycles. The number of fused-ring (bicyclic) bond motifs is 1. The summed E-state index contributed by atoms with van der Waals surface area (Å²) in [5.74, 6) is 0. The van der Waals surface area contributed by atoms with Crippen LogP contribution in [-0.2, 0) is 13.0 Å². The Morgan fingerprint density at radius 1 is 1.11 bits per heavy atom. The molecule has 19 heavy (non-hydrogen) atoms. The number of nitrogens with one attached hydrogen (secondary N) is 2. The van der Waals surface area contributed by atoms with Crippen molar-refractivity contribution in [3.8, 4) is 0 Å². The molecule has 0 radical (unpaired) electrons. The van der Waals surface area contributed by atoms with Crippen molar-refractivity contribution >= 4 is 10.8 Å². The van der Waals surface area contributed by atoms with Gasteiger partial charge in [-0.15, -0.1) is 0 Å². The highest BCUT2D eigenvalue weighted by atomic mass is 14.9. The first-order chi connectivity index (χ1) is 9.43. The number of H-pyrrole nitrogens is 1. The van der Waals surface area contributed by atoms with Gasteiger partial charge in [0, 0.05) is 49.2 Å². The average Bonchev–Trinajstić information content (AvgIpc) is 2.97. The molecule has 0 fully saturated rings. The van der Waals surface area contributed by atoms with E-state index >= 15 is 0 Å². The molecule has 0 aliphatic heterocycles. The van der Waals surface area contributed by atoms with E-state index in [1.165, 1.54) is 16.3 Å². The summed E-state index contributed by atoms with van der Waals surface area (Å²) in [7, 11) is 0. The molecule has 0 saturated carbocycles. The summed E-state index contributed by atoms with van der Waals surface area (Å²) >= 11 is 0. The van der Waals surface area contributed by atoms with Crippen molar-refractivity contribution in [3.05, 3.63) is 60.4 Å². The molecule has 0 spiro atoms. The van der Waals surface area contributed by atoms with E-state index in [4.69, 9.17) is 0 Å². The summed E-state index contributed by atoms with van der Waals surface area (Å²) in [5, 5.41) is 5.92. The third kappa shape index (κ3) is 2.80. The molecule has 0 aliphatic carbocycles. The highest BCUT2D eigenvalue weighted by Gasteiger charge is 2.00. The molecule has 0 bridgehead atoms. The predicted octanol–water partition coefficient (Wildman–Crippen LogP) is 2.29. The predicted molar refractivity (Wildman–Crippen MR) is 75.7 cm³/mol. The topological polar surface area (TPSA) is 53.6 Å². The van der Waals surface area contributed by atoms with Gasteiger partial charge in [0.25, 0.3) is 0 Å². The minimum Gasteiger partial charge on any atom is -0.348 e. The van der Waals surface area contributed by atoms with E-state index in [1.807, 2.05) is 18.6 Å². The Labute approximate surface area is 111 Å². The lowest BCUT2D eigenvalue weighted by molar-refractivity contribution is 0.684. The first kappa shape index (κ1) is 11.9. The molecule has 2 N–H and O–H groups in total. The van der Waals surface area contributed by atoms with Gasteiger partial charge in [-0.2, -0.15) is 0 Å². The fraction of sp³-hybridized carbons (Fsp3) is 0.200. The number of hydrogen-bond acceptors (Lipinski definition) is 3. The number of pyridine rings is 1. The van der Waals surface area contributed by atoms with Crippen molar-refractivity contribution in [2.75, 3.05) is 6.54 Å².